The molecule has 2 heterocycles. The van der Waals surface area contributed by atoms with Gasteiger partial charge in [0.2, 0.25) is 5.91 Å². The third-order valence-electron chi connectivity index (χ3n) is 3.94. The van der Waals surface area contributed by atoms with Crippen molar-refractivity contribution in [1.29, 1.82) is 0 Å². The maximum Gasteiger partial charge on any atom is 0.254 e. The molecule has 2 aromatic rings. The van der Waals surface area contributed by atoms with Crippen molar-refractivity contribution in [2.45, 2.75) is 32.5 Å². The first-order valence-electron chi connectivity index (χ1n) is 7.85. The third-order valence-corrected chi connectivity index (χ3v) is 3.94. The summed E-state index contributed by atoms with van der Waals surface area (Å²) in [7, 11) is 0. The number of nitrogens with zero attached hydrogens (tertiary/aromatic N) is 3. The van der Waals surface area contributed by atoms with Gasteiger partial charge < -0.3 is 19.9 Å². The van der Waals surface area contributed by atoms with Crippen LogP contribution >= 0.6 is 0 Å². The molecule has 0 fully saturated rings. The van der Waals surface area contributed by atoms with E-state index in [1.807, 2.05) is 18.4 Å². The zero-order valence-electron chi connectivity index (χ0n) is 13.6. The fourth-order valence-electron chi connectivity index (χ4n) is 2.86. The van der Waals surface area contributed by atoms with Gasteiger partial charge in [0.15, 0.2) is 0 Å². The zero-order valence-corrected chi connectivity index (χ0v) is 13.6. The smallest absolute Gasteiger partial charge is 0.254 e. The Hall–Kier alpha value is -2.83. The van der Waals surface area contributed by atoms with Crippen LogP contribution in [0.15, 0.2) is 36.8 Å². The molecule has 1 atom stereocenters. The number of carbonyl (C=O) groups is 2. The fourth-order valence-corrected chi connectivity index (χ4v) is 2.86. The molecule has 0 aliphatic carbocycles. The number of rotatable bonds is 3. The number of aromatic hydroxyl groups is 1. The third kappa shape index (κ3) is 3.10. The van der Waals surface area contributed by atoms with Crippen LogP contribution in [0.1, 0.15) is 35.9 Å². The highest BCUT2D eigenvalue weighted by Gasteiger charge is 2.33. The van der Waals surface area contributed by atoms with Gasteiger partial charge in [0.1, 0.15) is 11.8 Å². The number of aromatic nitrogens is 2. The summed E-state index contributed by atoms with van der Waals surface area (Å²) in [6.45, 7) is 4.42. The number of benzene rings is 1. The Kier molecular flexibility index (Phi) is 4.24. The van der Waals surface area contributed by atoms with E-state index in [0.29, 0.717) is 12.1 Å². The van der Waals surface area contributed by atoms with Crippen LogP contribution in [-0.4, -0.2) is 44.0 Å². The van der Waals surface area contributed by atoms with E-state index in [0.717, 1.165) is 5.69 Å². The van der Waals surface area contributed by atoms with Gasteiger partial charge in [-0.1, -0.05) is 6.07 Å². The normalized spacial score (nSPS) is 16.8. The maximum absolute atomic E-state index is 12.7. The minimum atomic E-state index is -0.514. The molecule has 2 amide bonds. The van der Waals surface area contributed by atoms with Crippen LogP contribution in [0, 0.1) is 0 Å². The molecular weight excluding hydrogens is 308 g/mol. The summed E-state index contributed by atoms with van der Waals surface area (Å²) >= 11 is 0. The largest absolute Gasteiger partial charge is 0.508 e. The predicted molar refractivity (Wildman–Crippen MR) is 87.4 cm³/mol. The quantitative estimate of drug-likeness (QED) is 0.889. The molecule has 7 nitrogen and oxygen atoms in total. The van der Waals surface area contributed by atoms with Gasteiger partial charge in [0.05, 0.1) is 25.1 Å². The summed E-state index contributed by atoms with van der Waals surface area (Å²) in [5.41, 5.74) is 1.20. The molecular formula is C17H20N4O3. The lowest BCUT2D eigenvalue weighted by Gasteiger charge is -2.34. The van der Waals surface area contributed by atoms with E-state index in [-0.39, 0.29) is 30.2 Å². The molecule has 7 heteroatoms. The summed E-state index contributed by atoms with van der Waals surface area (Å²) in [5.74, 6) is -0.324. The molecule has 126 valence electrons. The molecule has 1 aromatic heterocycles. The van der Waals surface area contributed by atoms with Crippen LogP contribution in [-0.2, 0) is 11.3 Å². The van der Waals surface area contributed by atoms with Gasteiger partial charge in [-0.15, -0.1) is 0 Å². The van der Waals surface area contributed by atoms with E-state index in [2.05, 4.69) is 10.3 Å². The number of amides is 2. The number of carbonyl (C=O) groups excluding carboxylic acids is 2. The van der Waals surface area contributed by atoms with Crippen LogP contribution < -0.4 is 5.32 Å². The second-order valence-corrected chi connectivity index (χ2v) is 6.21. The molecule has 2 N–H and O–H groups in total. The molecule has 0 saturated heterocycles. The van der Waals surface area contributed by atoms with Gasteiger partial charge in [-0.2, -0.15) is 0 Å². The molecule has 0 unspecified atom stereocenters. The van der Waals surface area contributed by atoms with Crippen molar-refractivity contribution in [2.75, 3.05) is 6.54 Å². The number of hydrogen-bond acceptors (Lipinski definition) is 4. The Labute approximate surface area is 139 Å². The molecule has 1 aliphatic heterocycles. The van der Waals surface area contributed by atoms with Gasteiger partial charge in [0.25, 0.3) is 5.91 Å². The average molecular weight is 328 g/mol. The van der Waals surface area contributed by atoms with Crippen LogP contribution in [0.2, 0.25) is 0 Å². The second kappa shape index (κ2) is 6.35. The first-order chi connectivity index (χ1) is 11.5. The number of fused-ring (bicyclic) bond motifs is 1. The van der Waals surface area contributed by atoms with E-state index in [4.69, 9.17) is 0 Å². The lowest BCUT2D eigenvalue weighted by atomic mass is 10.1. The summed E-state index contributed by atoms with van der Waals surface area (Å²) in [4.78, 5) is 30.9. The van der Waals surface area contributed by atoms with Crippen molar-refractivity contribution in [3.8, 4) is 5.75 Å². The number of imidazole rings is 1. The predicted octanol–water partition coefficient (Wildman–Crippen LogP) is 1.31. The lowest BCUT2D eigenvalue weighted by Crippen LogP contribution is -2.47. The van der Waals surface area contributed by atoms with Crippen molar-refractivity contribution in [3.05, 3.63) is 48.0 Å². The van der Waals surface area contributed by atoms with Gasteiger partial charge in [-0.05, 0) is 32.0 Å². The Bertz CT molecular complexity index is 769. The molecule has 0 radical (unpaired) electrons. The van der Waals surface area contributed by atoms with Crippen LogP contribution in [0.4, 0.5) is 0 Å². The molecule has 24 heavy (non-hydrogen) atoms. The van der Waals surface area contributed by atoms with Crippen LogP contribution in [0.5, 0.6) is 5.75 Å². The number of nitrogens with one attached hydrogen (secondary N) is 1. The van der Waals surface area contributed by atoms with Crippen LogP contribution in [0.25, 0.3) is 0 Å². The first kappa shape index (κ1) is 16.0. The molecule has 3 rings (SSSR count). The molecule has 1 aliphatic rings. The minimum absolute atomic E-state index is 0.0154. The first-order valence-corrected chi connectivity index (χ1v) is 7.85. The Morgan fingerprint density at radius 3 is 2.88 bits per heavy atom. The summed E-state index contributed by atoms with van der Waals surface area (Å²) in [6, 6.07) is 5.72. The summed E-state index contributed by atoms with van der Waals surface area (Å²) in [6.07, 6.45) is 3.29. The van der Waals surface area contributed by atoms with Gasteiger partial charge in [0, 0.05) is 17.8 Å². The minimum Gasteiger partial charge on any atom is -0.508 e. The van der Waals surface area contributed by atoms with E-state index < -0.39 is 6.04 Å². The molecule has 0 bridgehead atoms. The lowest BCUT2D eigenvalue weighted by molar-refractivity contribution is -0.125. The number of hydrogen-bond donors (Lipinski definition) is 2. The van der Waals surface area contributed by atoms with Crippen LogP contribution in [0.3, 0.4) is 0 Å². The van der Waals surface area contributed by atoms with E-state index in [9.17, 15) is 14.7 Å². The topological polar surface area (TPSA) is 87.5 Å². The summed E-state index contributed by atoms with van der Waals surface area (Å²) < 4.78 is 1.81. The standard InChI is InChI=1S/C17H20N4O3/c1-11(2)19-16(23)15-9-20(8-13-7-18-10-21(13)15)17(24)12-4-3-5-14(22)6-12/h3-7,10-11,15,22H,8-9H2,1-2H3,(H,19,23)/t15-/m1/s1. The highest BCUT2D eigenvalue weighted by molar-refractivity contribution is 5.95. The van der Waals surface area contributed by atoms with Crippen molar-refractivity contribution >= 4 is 11.8 Å². The van der Waals surface area contributed by atoms with Crippen molar-refractivity contribution < 1.29 is 14.7 Å². The van der Waals surface area contributed by atoms with E-state index in [1.165, 1.54) is 12.1 Å². The SMILES string of the molecule is CC(C)NC(=O)[C@H]1CN(C(=O)c2cccc(O)c2)Cc2cncn21. The van der Waals surface area contributed by atoms with E-state index in [1.54, 1.807) is 29.6 Å². The van der Waals surface area contributed by atoms with E-state index >= 15 is 0 Å². The monoisotopic (exact) mass is 328 g/mol. The zero-order chi connectivity index (χ0) is 17.3. The van der Waals surface area contributed by atoms with Crippen molar-refractivity contribution in [1.82, 2.24) is 19.8 Å². The average Bonchev–Trinajstić information content (AvgIpc) is 3.00. The molecule has 0 saturated carbocycles. The fraction of sp³-hybridized carbons (Fsp3) is 0.353. The number of phenols is 1. The second-order valence-electron chi connectivity index (χ2n) is 6.21. The van der Waals surface area contributed by atoms with Crippen molar-refractivity contribution in [2.24, 2.45) is 0 Å². The van der Waals surface area contributed by atoms with Gasteiger partial charge in [-0.25, -0.2) is 4.98 Å². The Balaban J connectivity index is 1.87. The highest BCUT2D eigenvalue weighted by atomic mass is 16.3. The summed E-state index contributed by atoms with van der Waals surface area (Å²) in [5, 5.41) is 12.5. The molecule has 0 spiro atoms. The van der Waals surface area contributed by atoms with Crippen molar-refractivity contribution in [3.63, 3.8) is 0 Å². The molecule has 1 aromatic carbocycles. The maximum atomic E-state index is 12.7. The number of phenolic OH excluding ortho intramolecular Hbond substituents is 1. The highest BCUT2D eigenvalue weighted by Crippen LogP contribution is 2.23. The van der Waals surface area contributed by atoms with Gasteiger partial charge >= 0.3 is 0 Å². The Morgan fingerprint density at radius 2 is 2.17 bits per heavy atom. The Morgan fingerprint density at radius 1 is 1.38 bits per heavy atom. The van der Waals surface area contributed by atoms with Gasteiger partial charge in [-0.3, -0.25) is 9.59 Å².